The van der Waals surface area contributed by atoms with Gasteiger partial charge in [-0.1, -0.05) is 64.2 Å². The maximum absolute atomic E-state index is 5.10. The van der Waals surface area contributed by atoms with Gasteiger partial charge < -0.3 is 35.9 Å². The lowest BCUT2D eigenvalue weighted by Gasteiger charge is -2.21. The largest absolute Gasteiger partial charge is 0.449 e. The third-order valence-electron chi connectivity index (χ3n) is 17.3. The van der Waals surface area contributed by atoms with Crippen molar-refractivity contribution in [2.24, 2.45) is 0 Å². The number of imidazole rings is 4. The average Bonchev–Trinajstić information content (AvgIpc) is 3.04. The van der Waals surface area contributed by atoms with Crippen molar-refractivity contribution in [2.75, 3.05) is 0 Å². The predicted octanol–water partition coefficient (Wildman–Crippen LogP) is 20.0. The van der Waals surface area contributed by atoms with E-state index in [4.69, 9.17) is 32.6 Å². The van der Waals surface area contributed by atoms with Crippen molar-refractivity contribution in [1.29, 1.82) is 0 Å². The molecule has 482 valence electrons. The van der Waals surface area contributed by atoms with Crippen LogP contribution < -0.4 is 0 Å². The fourth-order valence-electron chi connectivity index (χ4n) is 13.0. The van der Waals surface area contributed by atoms with Gasteiger partial charge in [-0.05, 0) is 176 Å². The SMILES string of the molecule is Cc1cnco1.Cc1coc(C)n1.Cc1nc(C)c(C)o1.Cc1nc(C2CCCC2)c(C)n1C(C)C.Cc1nc(C2CCCC2)cn1C(C)C.Cc1nc(C2CCCCC2)c(C)n1C(C)C.Cc1nc(C2CCCCC2)cn1C(C)C.Cc1ncco1. The molecule has 0 N–H and O–H groups in total. The highest BCUT2D eigenvalue weighted by atomic mass is 16.4. The zero-order valence-corrected chi connectivity index (χ0v) is 57.9. The van der Waals surface area contributed by atoms with E-state index in [1.165, 1.54) is 179 Å². The van der Waals surface area contributed by atoms with Crippen molar-refractivity contribution < 1.29 is 17.7 Å². The lowest BCUT2D eigenvalue weighted by molar-refractivity contribution is 0.435. The normalized spacial score (nSPS) is 15.5. The van der Waals surface area contributed by atoms with Gasteiger partial charge >= 0.3 is 0 Å². The van der Waals surface area contributed by atoms with Crippen LogP contribution in [0.2, 0.25) is 0 Å². The summed E-state index contributed by atoms with van der Waals surface area (Å²) in [7, 11) is 0. The van der Waals surface area contributed by atoms with Crippen LogP contribution in [0.15, 0.2) is 61.4 Å². The van der Waals surface area contributed by atoms with Crippen LogP contribution in [0.1, 0.15) is 317 Å². The summed E-state index contributed by atoms with van der Waals surface area (Å²) in [4.78, 5) is 34.4. The van der Waals surface area contributed by atoms with Crippen LogP contribution in [0.3, 0.4) is 0 Å². The molecule has 4 aliphatic carbocycles. The highest BCUT2D eigenvalue weighted by Gasteiger charge is 2.26. The van der Waals surface area contributed by atoms with Crippen molar-refractivity contribution in [2.45, 2.75) is 309 Å². The molecule has 0 aromatic carbocycles. The van der Waals surface area contributed by atoms with Gasteiger partial charge in [-0.3, -0.25) is 0 Å². The molecule has 8 heterocycles. The van der Waals surface area contributed by atoms with Crippen LogP contribution in [0, 0.1) is 90.0 Å². The van der Waals surface area contributed by atoms with E-state index < -0.39 is 0 Å². The van der Waals surface area contributed by atoms with Gasteiger partial charge in [-0.15, -0.1) is 0 Å². The second kappa shape index (κ2) is 35.6. The van der Waals surface area contributed by atoms with Crippen molar-refractivity contribution in [3.05, 3.63) is 142 Å². The first-order chi connectivity index (χ1) is 41.4. The number of nitrogens with zero attached hydrogens (tertiary/aromatic N) is 12. The van der Waals surface area contributed by atoms with Crippen LogP contribution >= 0.6 is 0 Å². The molecule has 0 amide bonds. The van der Waals surface area contributed by atoms with Crippen molar-refractivity contribution in [3.8, 4) is 0 Å². The number of rotatable bonds is 8. The highest BCUT2D eigenvalue weighted by molar-refractivity contribution is 5.22. The Morgan fingerprint density at radius 3 is 1.07 bits per heavy atom. The van der Waals surface area contributed by atoms with Gasteiger partial charge in [0.2, 0.25) is 0 Å². The number of hydrogen-bond donors (Lipinski definition) is 0. The van der Waals surface area contributed by atoms with Crippen molar-refractivity contribution in [3.63, 3.8) is 0 Å². The van der Waals surface area contributed by atoms with Gasteiger partial charge in [0.05, 0.1) is 46.6 Å². The molecule has 12 rings (SSSR count). The molecule has 87 heavy (non-hydrogen) atoms. The third kappa shape index (κ3) is 22.3. The first-order valence-electron chi connectivity index (χ1n) is 33.1. The molecule has 8 aromatic rings. The van der Waals surface area contributed by atoms with Gasteiger partial charge in [-0.2, -0.15) is 0 Å². The van der Waals surface area contributed by atoms with E-state index in [2.05, 4.69) is 153 Å². The Labute approximate surface area is 524 Å². The molecule has 0 radical (unpaired) electrons. The minimum absolute atomic E-state index is 0.532. The molecule has 4 aliphatic rings. The lowest BCUT2D eigenvalue weighted by Crippen LogP contribution is -2.08. The molecule has 4 fully saturated rings. The molecule has 0 spiro atoms. The second-order valence-electron chi connectivity index (χ2n) is 25.8. The van der Waals surface area contributed by atoms with E-state index in [0.717, 1.165) is 64.3 Å². The minimum atomic E-state index is 0.532. The van der Waals surface area contributed by atoms with Crippen LogP contribution in [0.5, 0.6) is 0 Å². The molecule has 0 bridgehead atoms. The smallest absolute Gasteiger partial charge is 0.191 e. The number of aryl methyl sites for hydroxylation is 11. The van der Waals surface area contributed by atoms with Crippen molar-refractivity contribution in [1.82, 2.24) is 58.1 Å². The Morgan fingerprint density at radius 2 is 0.851 bits per heavy atom. The Morgan fingerprint density at radius 1 is 0.425 bits per heavy atom. The van der Waals surface area contributed by atoms with Crippen molar-refractivity contribution >= 4 is 0 Å². The van der Waals surface area contributed by atoms with E-state index in [-0.39, 0.29) is 0 Å². The Kier molecular flexibility index (Phi) is 29.2. The van der Waals surface area contributed by atoms with Gasteiger partial charge in [-0.25, -0.2) is 39.9 Å². The number of hydrogen-bond acceptors (Lipinski definition) is 12. The summed E-state index contributed by atoms with van der Waals surface area (Å²) in [5.74, 6) is 11.6. The first-order valence-corrected chi connectivity index (χ1v) is 33.1. The third-order valence-corrected chi connectivity index (χ3v) is 17.3. The summed E-state index contributed by atoms with van der Waals surface area (Å²) in [5.41, 5.74) is 10.1. The fraction of sp³-hybridized carbons (Fsp3) is 0.662. The molecule has 16 heteroatoms. The van der Waals surface area contributed by atoms with Crippen LogP contribution in [-0.4, -0.2) is 58.1 Å². The van der Waals surface area contributed by atoms with E-state index in [1.807, 2.05) is 41.5 Å². The first kappa shape index (κ1) is 71.4. The average molecular weight is 1200 g/mol. The maximum Gasteiger partial charge on any atom is 0.191 e. The molecule has 4 saturated carbocycles. The molecule has 0 atom stereocenters. The standard InChI is InChI=1S/C14H24N2.2C13H22N2.C12H20N2.C6H9NO.C5H7NO.2C4H5NO/c1-10(2)16-11(3)14(15-12(16)4)13-8-6-5-7-9-13;1-9(2)15-10(3)13(14-11(15)4)12-7-5-6-8-12;1-10(2)15-9-13(14-11(15)3)12-7-5-4-6-8-12;1-9(2)14-8-12(13-10(14)3)11-6-4-5-7-11;1-4-5(2)8-6(3)7-4;1-4-3-7-5(2)6-4;1-4-2-5-3-6-4;1-4-5-2-3-6-4/h10,13H,5-9H2,1-4H3;9,12H,5-8H2,1-4H3;9-10,12H,4-8H2,1-3H3;8-9,11H,4-7H2,1-3H3;1-3H3;3H,1-2H3;2*2-3H,1H3. The molecule has 16 nitrogen and oxygen atoms in total. The summed E-state index contributed by atoms with van der Waals surface area (Å²) in [6.07, 6.45) is 37.1. The zero-order valence-electron chi connectivity index (χ0n) is 57.9. The Balaban J connectivity index is 0.000000186. The Hall–Kier alpha value is -6.32. The summed E-state index contributed by atoms with van der Waals surface area (Å²) in [5, 5.41) is 0. The van der Waals surface area contributed by atoms with Gasteiger partial charge in [0.25, 0.3) is 0 Å². The van der Waals surface area contributed by atoms with Gasteiger partial charge in [0.15, 0.2) is 24.1 Å². The monoisotopic (exact) mass is 1200 g/mol. The summed E-state index contributed by atoms with van der Waals surface area (Å²) < 4.78 is 28.7. The highest BCUT2D eigenvalue weighted by Crippen LogP contribution is 2.38. The summed E-state index contributed by atoms with van der Waals surface area (Å²) in [6.45, 7) is 43.9. The molecule has 0 unspecified atom stereocenters. The Bertz CT molecular complexity index is 3060. The fourth-order valence-corrected chi connectivity index (χ4v) is 13.0. The summed E-state index contributed by atoms with van der Waals surface area (Å²) in [6, 6.07) is 2.14. The number of aromatic nitrogens is 12. The zero-order chi connectivity index (χ0) is 63.9. The predicted molar refractivity (Wildman–Crippen MR) is 352 cm³/mol. The summed E-state index contributed by atoms with van der Waals surface area (Å²) >= 11 is 0. The lowest BCUT2D eigenvalue weighted by atomic mass is 9.86. The number of oxazole rings is 4. The molecule has 0 saturated heterocycles. The van der Waals surface area contributed by atoms with Gasteiger partial charge in [0.1, 0.15) is 47.3 Å². The quantitative estimate of drug-likeness (QED) is 0.141. The topological polar surface area (TPSA) is 175 Å². The maximum atomic E-state index is 5.10. The minimum Gasteiger partial charge on any atom is -0.449 e. The van der Waals surface area contributed by atoms with Crippen LogP contribution in [-0.2, 0) is 0 Å². The van der Waals surface area contributed by atoms with E-state index >= 15 is 0 Å². The van der Waals surface area contributed by atoms with E-state index in [0.29, 0.717) is 24.2 Å². The second-order valence-corrected chi connectivity index (χ2v) is 25.8. The molecule has 0 aliphatic heterocycles. The molecule has 8 aromatic heterocycles. The molecular weight excluding hydrogens is 1080 g/mol. The van der Waals surface area contributed by atoms with E-state index in [1.54, 1.807) is 31.8 Å². The van der Waals surface area contributed by atoms with Gasteiger partial charge in [0, 0.05) is 92.4 Å². The van der Waals surface area contributed by atoms with E-state index in [9.17, 15) is 0 Å². The van der Waals surface area contributed by atoms with Crippen LogP contribution in [0.25, 0.3) is 0 Å². The van der Waals surface area contributed by atoms with Crippen LogP contribution in [0.4, 0.5) is 0 Å². The molecular formula is C71H114N12O4.